The molecule has 0 N–H and O–H groups in total. The maximum Gasteiger partial charge on any atom is 0.409 e. The molecule has 0 aromatic heterocycles. The van der Waals surface area contributed by atoms with Crippen LogP contribution in [0.3, 0.4) is 0 Å². The number of nitrogens with zero attached hydrogens (tertiary/aromatic N) is 1. The zero-order valence-corrected chi connectivity index (χ0v) is 12.2. The second-order valence-electron chi connectivity index (χ2n) is 4.83. The molecule has 1 fully saturated rings. The monoisotopic (exact) mass is 295 g/mol. The van der Waals surface area contributed by atoms with Crippen LogP contribution >= 0.6 is 11.6 Å². The van der Waals surface area contributed by atoms with Crippen LogP contribution in [0.15, 0.2) is 24.3 Å². The highest BCUT2D eigenvalue weighted by Gasteiger charge is 2.28. The van der Waals surface area contributed by atoms with Crippen LogP contribution in [-0.2, 0) is 4.74 Å². The molecule has 2 rings (SSSR count). The lowest BCUT2D eigenvalue weighted by Crippen LogP contribution is -2.40. The number of ketones is 1. The average molecular weight is 296 g/mol. The first kappa shape index (κ1) is 14.9. The van der Waals surface area contributed by atoms with Crippen molar-refractivity contribution in [2.24, 2.45) is 5.92 Å². The first-order chi connectivity index (χ1) is 9.61. The van der Waals surface area contributed by atoms with Crippen LogP contribution < -0.4 is 0 Å². The molecule has 1 heterocycles. The summed E-state index contributed by atoms with van der Waals surface area (Å²) in [6, 6.07) is 6.95. The first-order valence-electron chi connectivity index (χ1n) is 6.83. The Morgan fingerprint density at radius 2 is 1.85 bits per heavy atom. The SMILES string of the molecule is CCOC(=O)N1CCC(C(=O)c2ccc(Cl)cc2)CC1. The van der Waals surface area contributed by atoms with E-state index in [9.17, 15) is 9.59 Å². The summed E-state index contributed by atoms with van der Waals surface area (Å²) in [5.74, 6) is 0.104. The van der Waals surface area contributed by atoms with Gasteiger partial charge in [-0.15, -0.1) is 0 Å². The van der Waals surface area contributed by atoms with Crippen molar-refractivity contribution in [3.8, 4) is 0 Å². The number of likely N-dealkylation sites (tertiary alicyclic amines) is 1. The minimum Gasteiger partial charge on any atom is -0.450 e. The Morgan fingerprint density at radius 1 is 1.25 bits per heavy atom. The van der Waals surface area contributed by atoms with E-state index < -0.39 is 0 Å². The molecule has 4 nitrogen and oxygen atoms in total. The Hall–Kier alpha value is -1.55. The van der Waals surface area contributed by atoms with Gasteiger partial charge in [0.2, 0.25) is 0 Å². The molecule has 1 amide bonds. The van der Waals surface area contributed by atoms with E-state index in [0.717, 1.165) is 0 Å². The fourth-order valence-corrected chi connectivity index (χ4v) is 2.51. The number of benzene rings is 1. The molecule has 108 valence electrons. The maximum absolute atomic E-state index is 12.3. The lowest BCUT2D eigenvalue weighted by Gasteiger charge is -2.30. The van der Waals surface area contributed by atoms with Crippen molar-refractivity contribution in [2.45, 2.75) is 19.8 Å². The van der Waals surface area contributed by atoms with Crippen molar-refractivity contribution < 1.29 is 14.3 Å². The molecule has 0 bridgehead atoms. The van der Waals surface area contributed by atoms with Crippen molar-refractivity contribution in [1.82, 2.24) is 4.90 Å². The number of carbonyl (C=O) groups excluding carboxylic acids is 2. The predicted octanol–water partition coefficient (Wildman–Crippen LogP) is 3.39. The fraction of sp³-hybridized carbons (Fsp3) is 0.467. The molecular formula is C15H18ClNO3. The summed E-state index contributed by atoms with van der Waals surface area (Å²) >= 11 is 5.82. The van der Waals surface area contributed by atoms with E-state index in [-0.39, 0.29) is 17.8 Å². The smallest absolute Gasteiger partial charge is 0.409 e. The number of Topliss-reactive ketones (excluding diaryl/α,β-unsaturated/α-hetero) is 1. The summed E-state index contributed by atoms with van der Waals surface area (Å²) in [6.45, 7) is 3.31. The Balaban J connectivity index is 1.92. The predicted molar refractivity (Wildman–Crippen MR) is 77.1 cm³/mol. The molecule has 0 unspecified atom stereocenters. The van der Waals surface area contributed by atoms with Gasteiger partial charge >= 0.3 is 6.09 Å². The highest BCUT2D eigenvalue weighted by atomic mass is 35.5. The third-order valence-corrected chi connectivity index (χ3v) is 3.77. The molecule has 0 atom stereocenters. The van der Waals surface area contributed by atoms with Gasteiger partial charge in [-0.1, -0.05) is 11.6 Å². The standard InChI is InChI=1S/C15H18ClNO3/c1-2-20-15(19)17-9-7-12(8-10-17)14(18)11-3-5-13(16)6-4-11/h3-6,12H,2,7-10H2,1H3. The Morgan fingerprint density at radius 3 is 2.40 bits per heavy atom. The molecule has 1 aliphatic rings. The van der Waals surface area contributed by atoms with E-state index in [2.05, 4.69) is 0 Å². The van der Waals surface area contributed by atoms with Crippen LogP contribution in [-0.4, -0.2) is 36.5 Å². The average Bonchev–Trinajstić information content (AvgIpc) is 2.48. The van der Waals surface area contributed by atoms with E-state index >= 15 is 0 Å². The number of carbonyl (C=O) groups is 2. The molecule has 5 heteroatoms. The van der Waals surface area contributed by atoms with Crippen molar-refractivity contribution in [1.29, 1.82) is 0 Å². The number of piperidine rings is 1. The number of rotatable bonds is 3. The van der Waals surface area contributed by atoms with Crippen LogP contribution in [0.2, 0.25) is 5.02 Å². The van der Waals surface area contributed by atoms with Gasteiger partial charge in [0.1, 0.15) is 0 Å². The first-order valence-corrected chi connectivity index (χ1v) is 7.21. The van der Waals surface area contributed by atoms with Gasteiger partial charge in [0.15, 0.2) is 5.78 Å². The normalized spacial score (nSPS) is 16.0. The van der Waals surface area contributed by atoms with Crippen molar-refractivity contribution >= 4 is 23.5 Å². The van der Waals surface area contributed by atoms with Gasteiger partial charge in [-0.2, -0.15) is 0 Å². The third-order valence-electron chi connectivity index (χ3n) is 3.52. The summed E-state index contributed by atoms with van der Waals surface area (Å²) in [7, 11) is 0. The zero-order chi connectivity index (χ0) is 14.5. The summed E-state index contributed by atoms with van der Waals surface area (Å²) < 4.78 is 4.96. The highest BCUT2D eigenvalue weighted by molar-refractivity contribution is 6.30. The van der Waals surface area contributed by atoms with Crippen LogP contribution in [0, 0.1) is 5.92 Å². The van der Waals surface area contributed by atoms with Crippen LogP contribution in [0.25, 0.3) is 0 Å². The Bertz CT molecular complexity index is 478. The van der Waals surface area contributed by atoms with Crippen LogP contribution in [0.5, 0.6) is 0 Å². The van der Waals surface area contributed by atoms with Gasteiger partial charge in [0.05, 0.1) is 6.61 Å². The third kappa shape index (κ3) is 3.51. The molecule has 0 saturated carbocycles. The molecule has 1 saturated heterocycles. The second-order valence-corrected chi connectivity index (χ2v) is 5.27. The molecule has 1 aliphatic heterocycles. The van der Waals surface area contributed by atoms with Crippen molar-refractivity contribution in [2.75, 3.05) is 19.7 Å². The topological polar surface area (TPSA) is 46.6 Å². The van der Waals surface area contributed by atoms with E-state index in [0.29, 0.717) is 43.1 Å². The lowest BCUT2D eigenvalue weighted by atomic mass is 9.89. The van der Waals surface area contributed by atoms with E-state index in [1.807, 2.05) is 0 Å². The zero-order valence-electron chi connectivity index (χ0n) is 11.5. The highest BCUT2D eigenvalue weighted by Crippen LogP contribution is 2.23. The van der Waals surface area contributed by atoms with Gasteiger partial charge in [0, 0.05) is 29.6 Å². The largest absolute Gasteiger partial charge is 0.450 e. The van der Waals surface area contributed by atoms with E-state index in [1.54, 1.807) is 36.1 Å². The number of amides is 1. The Kier molecular flexibility index (Phi) is 5.01. The summed E-state index contributed by atoms with van der Waals surface area (Å²) in [5.41, 5.74) is 0.684. The number of ether oxygens (including phenoxy) is 1. The minimum atomic E-state index is -0.287. The molecule has 1 aromatic carbocycles. The summed E-state index contributed by atoms with van der Waals surface area (Å²) in [6.07, 6.45) is 1.07. The second kappa shape index (κ2) is 6.75. The molecule has 0 spiro atoms. The van der Waals surface area contributed by atoms with Gasteiger partial charge < -0.3 is 9.64 Å². The maximum atomic E-state index is 12.3. The van der Waals surface area contributed by atoms with Gasteiger partial charge in [-0.25, -0.2) is 4.79 Å². The number of hydrogen-bond donors (Lipinski definition) is 0. The number of hydrogen-bond acceptors (Lipinski definition) is 3. The quantitative estimate of drug-likeness (QED) is 0.803. The minimum absolute atomic E-state index is 0.0261. The molecule has 20 heavy (non-hydrogen) atoms. The van der Waals surface area contributed by atoms with E-state index in [1.165, 1.54) is 0 Å². The fourth-order valence-electron chi connectivity index (χ4n) is 2.39. The number of halogens is 1. The van der Waals surface area contributed by atoms with Gasteiger partial charge in [-0.05, 0) is 44.0 Å². The van der Waals surface area contributed by atoms with Gasteiger partial charge in [0.25, 0.3) is 0 Å². The van der Waals surface area contributed by atoms with Crippen molar-refractivity contribution in [3.05, 3.63) is 34.9 Å². The Labute approximate surface area is 123 Å². The molecule has 1 aromatic rings. The summed E-state index contributed by atoms with van der Waals surface area (Å²) in [5, 5.41) is 0.624. The van der Waals surface area contributed by atoms with Crippen molar-refractivity contribution in [3.63, 3.8) is 0 Å². The lowest BCUT2D eigenvalue weighted by molar-refractivity contribution is 0.0753. The van der Waals surface area contributed by atoms with E-state index in [4.69, 9.17) is 16.3 Å². The molecular weight excluding hydrogens is 278 g/mol. The molecule has 0 radical (unpaired) electrons. The molecule has 0 aliphatic carbocycles. The summed E-state index contributed by atoms with van der Waals surface area (Å²) in [4.78, 5) is 25.6. The van der Waals surface area contributed by atoms with Crippen LogP contribution in [0.4, 0.5) is 4.79 Å². The van der Waals surface area contributed by atoms with Crippen LogP contribution in [0.1, 0.15) is 30.1 Å². The van der Waals surface area contributed by atoms with Gasteiger partial charge in [-0.3, -0.25) is 4.79 Å².